The van der Waals surface area contributed by atoms with E-state index in [2.05, 4.69) is 27.5 Å². The zero-order chi connectivity index (χ0) is 18.9. The number of amides is 1. The van der Waals surface area contributed by atoms with E-state index in [1.807, 2.05) is 45.0 Å². The number of nitrogens with one attached hydrogen (secondary N) is 2. The predicted octanol–water partition coefficient (Wildman–Crippen LogP) is 4.69. The molecule has 6 heteroatoms. The topological polar surface area (TPSA) is 76.1 Å². The molecule has 1 heterocycles. The highest BCUT2D eigenvalue weighted by Gasteiger charge is 2.13. The highest BCUT2D eigenvalue weighted by molar-refractivity contribution is 5.92. The first-order valence-electron chi connectivity index (χ1n) is 9.22. The summed E-state index contributed by atoms with van der Waals surface area (Å²) in [7, 11) is 0. The van der Waals surface area contributed by atoms with Crippen LogP contribution in [0.5, 0.6) is 5.88 Å². The van der Waals surface area contributed by atoms with E-state index in [9.17, 15) is 4.79 Å². The number of rotatable bonds is 9. The summed E-state index contributed by atoms with van der Waals surface area (Å²) in [5, 5.41) is 6.21. The molecule has 0 radical (unpaired) electrons. The zero-order valence-corrected chi connectivity index (χ0v) is 16.0. The Kier molecular flexibility index (Phi) is 7.38. The van der Waals surface area contributed by atoms with Crippen molar-refractivity contribution in [1.82, 2.24) is 9.97 Å². The molecule has 0 unspecified atom stereocenters. The third-order valence-electron chi connectivity index (χ3n) is 4.05. The first kappa shape index (κ1) is 19.7. The van der Waals surface area contributed by atoms with Crippen LogP contribution in [0.3, 0.4) is 0 Å². The van der Waals surface area contributed by atoms with Gasteiger partial charge in [-0.2, -0.15) is 4.98 Å². The molecule has 0 spiro atoms. The Bertz CT molecular complexity index is 712. The average Bonchev–Trinajstić information content (AvgIpc) is 2.62. The molecule has 2 N–H and O–H groups in total. The summed E-state index contributed by atoms with van der Waals surface area (Å²) < 4.78 is 5.58. The molecule has 1 amide bonds. The quantitative estimate of drug-likeness (QED) is 0.681. The molecule has 140 valence electrons. The van der Waals surface area contributed by atoms with E-state index in [0.717, 1.165) is 30.6 Å². The standard InChI is InChI=1S/C20H28N4O2/c1-5-12-26-19-13-18(21-14(4)22-19)23-16-8-10-17(11-9-16)24-20(25)15(6-2)7-3/h8-11,13,15H,5-7,12H2,1-4H3,(H,24,25)(H,21,22,23). The number of anilines is 3. The van der Waals surface area contributed by atoms with E-state index in [1.54, 1.807) is 6.07 Å². The fraction of sp³-hybridized carbons (Fsp3) is 0.450. The second-order valence-electron chi connectivity index (χ2n) is 6.19. The summed E-state index contributed by atoms with van der Waals surface area (Å²) in [6, 6.07) is 9.36. The minimum absolute atomic E-state index is 0.0540. The molecule has 6 nitrogen and oxygen atoms in total. The van der Waals surface area contributed by atoms with Crippen molar-refractivity contribution in [2.45, 2.75) is 47.0 Å². The van der Waals surface area contributed by atoms with Crippen molar-refractivity contribution in [1.29, 1.82) is 0 Å². The van der Waals surface area contributed by atoms with Gasteiger partial charge in [-0.15, -0.1) is 0 Å². The lowest BCUT2D eigenvalue weighted by Crippen LogP contribution is -2.21. The molecule has 0 aliphatic carbocycles. The van der Waals surface area contributed by atoms with Crippen LogP contribution >= 0.6 is 0 Å². The number of aromatic nitrogens is 2. The Hall–Kier alpha value is -2.63. The van der Waals surface area contributed by atoms with Gasteiger partial charge in [-0.1, -0.05) is 20.8 Å². The highest BCUT2D eigenvalue weighted by atomic mass is 16.5. The molecule has 1 aromatic carbocycles. The van der Waals surface area contributed by atoms with Crippen LogP contribution in [0, 0.1) is 12.8 Å². The van der Waals surface area contributed by atoms with Crippen LogP contribution in [0.15, 0.2) is 30.3 Å². The lowest BCUT2D eigenvalue weighted by molar-refractivity contribution is -0.120. The first-order chi connectivity index (χ1) is 12.5. The maximum atomic E-state index is 12.2. The molecule has 26 heavy (non-hydrogen) atoms. The average molecular weight is 356 g/mol. The molecule has 2 aromatic rings. The van der Waals surface area contributed by atoms with Crippen LogP contribution in [0.25, 0.3) is 0 Å². The minimum atomic E-state index is 0.0540. The van der Waals surface area contributed by atoms with Gasteiger partial charge in [-0.3, -0.25) is 4.79 Å². The maximum absolute atomic E-state index is 12.2. The van der Waals surface area contributed by atoms with Gasteiger partial charge in [0.15, 0.2) is 0 Å². The van der Waals surface area contributed by atoms with E-state index in [1.165, 1.54) is 0 Å². The van der Waals surface area contributed by atoms with Gasteiger partial charge in [0, 0.05) is 23.4 Å². The summed E-state index contributed by atoms with van der Waals surface area (Å²) in [6.45, 7) is 8.57. The van der Waals surface area contributed by atoms with Crippen molar-refractivity contribution >= 4 is 23.1 Å². The van der Waals surface area contributed by atoms with Gasteiger partial charge in [0.2, 0.25) is 11.8 Å². The van der Waals surface area contributed by atoms with Gasteiger partial charge < -0.3 is 15.4 Å². The molecule has 0 bridgehead atoms. The Morgan fingerprint density at radius 3 is 2.35 bits per heavy atom. The number of benzene rings is 1. The number of aryl methyl sites for hydroxylation is 1. The summed E-state index contributed by atoms with van der Waals surface area (Å²) in [4.78, 5) is 20.8. The van der Waals surface area contributed by atoms with Crippen LogP contribution < -0.4 is 15.4 Å². The Morgan fingerprint density at radius 2 is 1.73 bits per heavy atom. The second-order valence-corrected chi connectivity index (χ2v) is 6.19. The van der Waals surface area contributed by atoms with Gasteiger partial charge in [0.1, 0.15) is 11.6 Å². The van der Waals surface area contributed by atoms with Crippen molar-refractivity contribution < 1.29 is 9.53 Å². The maximum Gasteiger partial charge on any atom is 0.227 e. The van der Waals surface area contributed by atoms with E-state index >= 15 is 0 Å². The summed E-state index contributed by atoms with van der Waals surface area (Å²) in [6.07, 6.45) is 2.62. The molecule has 0 fully saturated rings. The van der Waals surface area contributed by atoms with Crippen molar-refractivity contribution in [2.24, 2.45) is 5.92 Å². The normalized spacial score (nSPS) is 10.7. The molecule has 2 rings (SSSR count). The van der Waals surface area contributed by atoms with E-state index in [0.29, 0.717) is 24.1 Å². The minimum Gasteiger partial charge on any atom is -0.478 e. The van der Waals surface area contributed by atoms with Crippen molar-refractivity contribution in [3.8, 4) is 5.88 Å². The smallest absolute Gasteiger partial charge is 0.227 e. The van der Waals surface area contributed by atoms with Gasteiger partial charge in [-0.25, -0.2) is 4.98 Å². The molecule has 0 atom stereocenters. The molecule has 0 aliphatic rings. The van der Waals surface area contributed by atoms with Crippen LogP contribution in [0.1, 0.15) is 45.9 Å². The number of carbonyl (C=O) groups is 1. The SMILES string of the molecule is CCCOc1cc(Nc2ccc(NC(=O)C(CC)CC)cc2)nc(C)n1. The van der Waals surface area contributed by atoms with E-state index in [4.69, 9.17) is 4.74 Å². The van der Waals surface area contributed by atoms with Gasteiger partial charge in [0.25, 0.3) is 0 Å². The predicted molar refractivity (Wildman–Crippen MR) is 105 cm³/mol. The molecular weight excluding hydrogens is 328 g/mol. The summed E-state index contributed by atoms with van der Waals surface area (Å²) in [5.74, 6) is 2.02. The third-order valence-corrected chi connectivity index (χ3v) is 4.05. The molecule has 1 aromatic heterocycles. The number of ether oxygens (including phenoxy) is 1. The van der Waals surface area contributed by atoms with Gasteiger partial charge in [-0.05, 0) is 50.5 Å². The number of nitrogens with zero attached hydrogens (tertiary/aromatic N) is 2. The fourth-order valence-electron chi connectivity index (χ4n) is 2.57. The van der Waals surface area contributed by atoms with E-state index in [-0.39, 0.29) is 11.8 Å². The largest absolute Gasteiger partial charge is 0.478 e. The Labute approximate surface area is 155 Å². The third kappa shape index (κ3) is 5.72. The molecule has 0 aliphatic heterocycles. The number of hydrogen-bond donors (Lipinski definition) is 2. The van der Waals surface area contributed by atoms with Crippen molar-refractivity contribution in [3.05, 3.63) is 36.2 Å². The van der Waals surface area contributed by atoms with Crippen LogP contribution in [-0.2, 0) is 4.79 Å². The van der Waals surface area contributed by atoms with Gasteiger partial charge >= 0.3 is 0 Å². The number of hydrogen-bond acceptors (Lipinski definition) is 5. The monoisotopic (exact) mass is 356 g/mol. The first-order valence-corrected chi connectivity index (χ1v) is 9.22. The van der Waals surface area contributed by atoms with Crippen LogP contribution in [0.2, 0.25) is 0 Å². The van der Waals surface area contributed by atoms with Crippen LogP contribution in [-0.4, -0.2) is 22.5 Å². The lowest BCUT2D eigenvalue weighted by atomic mass is 10.0. The second kappa shape index (κ2) is 9.75. The zero-order valence-electron chi connectivity index (χ0n) is 16.0. The molecular formula is C20H28N4O2. The number of carbonyl (C=O) groups excluding carboxylic acids is 1. The van der Waals surface area contributed by atoms with Crippen molar-refractivity contribution in [3.63, 3.8) is 0 Å². The van der Waals surface area contributed by atoms with E-state index < -0.39 is 0 Å². The highest BCUT2D eigenvalue weighted by Crippen LogP contribution is 2.21. The van der Waals surface area contributed by atoms with Crippen LogP contribution in [0.4, 0.5) is 17.2 Å². The molecule has 0 saturated carbocycles. The lowest BCUT2D eigenvalue weighted by Gasteiger charge is -2.13. The summed E-state index contributed by atoms with van der Waals surface area (Å²) >= 11 is 0. The Balaban J connectivity index is 2.03. The Morgan fingerprint density at radius 1 is 1.08 bits per heavy atom. The molecule has 0 saturated heterocycles. The summed E-state index contributed by atoms with van der Waals surface area (Å²) in [5.41, 5.74) is 1.67. The van der Waals surface area contributed by atoms with Gasteiger partial charge in [0.05, 0.1) is 6.61 Å². The van der Waals surface area contributed by atoms with Crippen molar-refractivity contribution in [2.75, 3.05) is 17.2 Å². The fourth-order valence-corrected chi connectivity index (χ4v) is 2.57.